The molecule has 0 bridgehead atoms. The topological polar surface area (TPSA) is 76.4 Å². The quantitative estimate of drug-likeness (QED) is 0.702. The molecule has 4 nitrogen and oxygen atoms in total. The van der Waals surface area contributed by atoms with Gasteiger partial charge >= 0.3 is 0 Å². The van der Waals surface area contributed by atoms with Crippen molar-refractivity contribution in [3.63, 3.8) is 0 Å². The monoisotopic (exact) mass is 238 g/mol. The predicted molar refractivity (Wildman–Crippen MR) is 73.7 cm³/mol. The molecule has 3 rings (SSSR count). The summed E-state index contributed by atoms with van der Waals surface area (Å²) < 4.78 is 0. The summed E-state index contributed by atoms with van der Waals surface area (Å²) in [5.41, 5.74) is 12.0. The minimum atomic E-state index is -0.890. The number of hydrogen-bond donors (Lipinski definition) is 3. The fourth-order valence-corrected chi connectivity index (χ4v) is 2.12. The molecule has 0 saturated carbocycles. The summed E-state index contributed by atoms with van der Waals surface area (Å²) in [5.74, 6) is 0.327. The highest BCUT2D eigenvalue weighted by molar-refractivity contribution is 5.84. The first-order valence-electron chi connectivity index (χ1n) is 5.75. The summed E-state index contributed by atoms with van der Waals surface area (Å²) in [7, 11) is 0. The van der Waals surface area contributed by atoms with Gasteiger partial charge in [-0.3, -0.25) is 5.73 Å². The van der Waals surface area contributed by atoms with Gasteiger partial charge in [0, 0.05) is 6.20 Å². The first kappa shape index (κ1) is 10.8. The molecule has 1 unspecified atom stereocenters. The number of hydrogen-bond acceptors (Lipinski definition) is 4. The second-order valence-electron chi connectivity index (χ2n) is 4.36. The van der Waals surface area contributed by atoms with E-state index in [0.717, 1.165) is 10.9 Å². The highest BCUT2D eigenvalue weighted by Crippen LogP contribution is 2.26. The Morgan fingerprint density at radius 3 is 2.61 bits per heavy atom. The number of fused-ring (bicyclic) bond motifs is 1. The Hall–Kier alpha value is -2.33. The van der Waals surface area contributed by atoms with Crippen LogP contribution in [0.1, 0.15) is 5.56 Å². The van der Waals surface area contributed by atoms with Crippen molar-refractivity contribution in [2.75, 3.05) is 0 Å². The summed E-state index contributed by atoms with van der Waals surface area (Å²) in [4.78, 5) is 4.27. The smallest absolute Gasteiger partial charge is 0.195 e. The van der Waals surface area contributed by atoms with Gasteiger partial charge in [0.05, 0.1) is 0 Å². The molecular formula is C14H14N4. The summed E-state index contributed by atoms with van der Waals surface area (Å²) in [6.45, 7) is 0. The highest BCUT2D eigenvalue weighted by Gasteiger charge is 2.26. The lowest BCUT2D eigenvalue weighted by molar-refractivity contribution is 0.582. The van der Waals surface area contributed by atoms with Crippen molar-refractivity contribution >= 4 is 16.7 Å². The van der Waals surface area contributed by atoms with Crippen LogP contribution < -0.4 is 16.8 Å². The molecule has 4 heteroatoms. The van der Waals surface area contributed by atoms with Gasteiger partial charge in [-0.15, -0.1) is 0 Å². The first-order chi connectivity index (χ1) is 8.67. The van der Waals surface area contributed by atoms with Gasteiger partial charge in [-0.25, -0.2) is 4.99 Å². The molecule has 90 valence electrons. The minimum absolute atomic E-state index is 0.327. The van der Waals surface area contributed by atoms with Gasteiger partial charge in [0.15, 0.2) is 11.6 Å². The van der Waals surface area contributed by atoms with Gasteiger partial charge in [0.1, 0.15) is 0 Å². The van der Waals surface area contributed by atoms with Crippen molar-refractivity contribution in [3.8, 4) is 0 Å². The van der Waals surface area contributed by atoms with Crippen molar-refractivity contribution in [2.45, 2.75) is 5.66 Å². The molecule has 2 aromatic rings. The third-order valence-corrected chi connectivity index (χ3v) is 3.09. The Kier molecular flexibility index (Phi) is 2.31. The van der Waals surface area contributed by atoms with Crippen molar-refractivity contribution in [3.05, 3.63) is 60.3 Å². The lowest BCUT2D eigenvalue weighted by Crippen LogP contribution is -2.42. The van der Waals surface area contributed by atoms with Crippen molar-refractivity contribution in [1.82, 2.24) is 5.32 Å². The third-order valence-electron chi connectivity index (χ3n) is 3.09. The number of rotatable bonds is 1. The van der Waals surface area contributed by atoms with Crippen LogP contribution in [0, 0.1) is 0 Å². The van der Waals surface area contributed by atoms with Crippen LogP contribution in [0.4, 0.5) is 0 Å². The molecule has 5 N–H and O–H groups in total. The summed E-state index contributed by atoms with van der Waals surface area (Å²) in [6.07, 6.45) is 3.52. The van der Waals surface area contributed by atoms with Crippen LogP contribution in [0.15, 0.2) is 59.7 Å². The van der Waals surface area contributed by atoms with Gasteiger partial charge in [0.25, 0.3) is 0 Å². The Morgan fingerprint density at radius 2 is 1.83 bits per heavy atom. The molecule has 0 fully saturated rings. The number of benzene rings is 2. The van der Waals surface area contributed by atoms with Crippen LogP contribution in [-0.2, 0) is 5.66 Å². The lowest BCUT2D eigenvalue weighted by atomic mass is 9.97. The molecule has 0 saturated heterocycles. The van der Waals surface area contributed by atoms with Crippen LogP contribution in [0.3, 0.4) is 0 Å². The predicted octanol–water partition coefficient (Wildman–Crippen LogP) is 1.38. The van der Waals surface area contributed by atoms with Gasteiger partial charge < -0.3 is 11.1 Å². The standard InChI is InChI=1S/C14H14N4/c15-13-17-8-7-14(16,18-13)12-6-5-10-3-1-2-4-11(10)9-12/h1-9H,16H2,(H3,15,17,18). The molecule has 18 heavy (non-hydrogen) atoms. The number of nitrogens with zero attached hydrogens (tertiary/aromatic N) is 1. The van der Waals surface area contributed by atoms with Crippen LogP contribution >= 0.6 is 0 Å². The van der Waals surface area contributed by atoms with E-state index in [1.165, 1.54) is 5.39 Å². The van der Waals surface area contributed by atoms with Crippen molar-refractivity contribution in [2.24, 2.45) is 16.5 Å². The zero-order chi connectivity index (χ0) is 12.6. The molecule has 0 aliphatic carbocycles. The van der Waals surface area contributed by atoms with E-state index in [9.17, 15) is 0 Å². The van der Waals surface area contributed by atoms with E-state index in [4.69, 9.17) is 11.5 Å². The largest absolute Gasteiger partial charge is 0.370 e. The Balaban J connectivity index is 2.14. The summed E-state index contributed by atoms with van der Waals surface area (Å²) in [6, 6.07) is 14.2. The van der Waals surface area contributed by atoms with Crippen LogP contribution in [0.2, 0.25) is 0 Å². The van der Waals surface area contributed by atoms with E-state index in [-0.39, 0.29) is 0 Å². The van der Waals surface area contributed by atoms with E-state index in [1.54, 1.807) is 12.3 Å². The van der Waals surface area contributed by atoms with E-state index in [1.807, 2.05) is 30.3 Å². The van der Waals surface area contributed by atoms with Gasteiger partial charge in [0.2, 0.25) is 0 Å². The maximum absolute atomic E-state index is 6.27. The molecular weight excluding hydrogens is 224 g/mol. The van der Waals surface area contributed by atoms with E-state index < -0.39 is 5.66 Å². The van der Waals surface area contributed by atoms with Crippen molar-refractivity contribution in [1.29, 1.82) is 0 Å². The molecule has 0 radical (unpaired) electrons. The van der Waals surface area contributed by atoms with Gasteiger partial charge in [-0.2, -0.15) is 0 Å². The second-order valence-corrected chi connectivity index (χ2v) is 4.36. The maximum Gasteiger partial charge on any atom is 0.195 e. The van der Waals surface area contributed by atoms with E-state index in [0.29, 0.717) is 5.96 Å². The summed E-state index contributed by atoms with van der Waals surface area (Å²) >= 11 is 0. The first-order valence-corrected chi connectivity index (χ1v) is 5.75. The molecule has 0 spiro atoms. The fraction of sp³-hybridized carbons (Fsp3) is 0.0714. The molecule has 2 aromatic carbocycles. The second kappa shape index (κ2) is 3.85. The number of nitrogens with one attached hydrogen (secondary N) is 1. The Bertz CT molecular complexity index is 660. The highest BCUT2D eigenvalue weighted by atomic mass is 15.2. The molecule has 1 aliphatic heterocycles. The summed E-state index contributed by atoms with van der Waals surface area (Å²) in [5, 5.41) is 5.13. The zero-order valence-electron chi connectivity index (χ0n) is 9.80. The number of nitrogens with two attached hydrogens (primary N) is 2. The number of guanidine groups is 1. The van der Waals surface area contributed by atoms with Gasteiger partial charge in [-0.1, -0.05) is 36.4 Å². The van der Waals surface area contributed by atoms with E-state index in [2.05, 4.69) is 22.4 Å². The SMILES string of the molecule is NC1=NC(N)(c2ccc3ccccc3c2)C=CN1. The molecule has 1 atom stereocenters. The lowest BCUT2D eigenvalue weighted by Gasteiger charge is -2.25. The van der Waals surface area contributed by atoms with E-state index >= 15 is 0 Å². The zero-order valence-corrected chi connectivity index (χ0v) is 9.80. The maximum atomic E-state index is 6.27. The van der Waals surface area contributed by atoms with Gasteiger partial charge in [-0.05, 0) is 28.5 Å². The minimum Gasteiger partial charge on any atom is -0.370 e. The Morgan fingerprint density at radius 1 is 1.06 bits per heavy atom. The average molecular weight is 238 g/mol. The van der Waals surface area contributed by atoms with Crippen LogP contribution in [0.5, 0.6) is 0 Å². The van der Waals surface area contributed by atoms with Crippen LogP contribution in [-0.4, -0.2) is 5.96 Å². The average Bonchev–Trinajstić information content (AvgIpc) is 2.38. The molecule has 1 aliphatic rings. The van der Waals surface area contributed by atoms with Crippen molar-refractivity contribution < 1.29 is 0 Å². The fourth-order valence-electron chi connectivity index (χ4n) is 2.12. The number of aliphatic imine (C=N–C) groups is 1. The molecule has 1 heterocycles. The Labute approximate surface area is 105 Å². The molecule has 0 aromatic heterocycles. The third kappa shape index (κ3) is 1.72. The molecule has 0 amide bonds. The normalized spacial score (nSPS) is 22.6. The van der Waals surface area contributed by atoms with Crippen LogP contribution in [0.25, 0.3) is 10.8 Å².